The maximum atomic E-state index is 2.42. The minimum atomic E-state index is 1.19. The summed E-state index contributed by atoms with van der Waals surface area (Å²) >= 11 is 1.81. The zero-order valence-corrected chi connectivity index (χ0v) is 18.1. The Hall–Kier alpha value is -3.88. The van der Waals surface area contributed by atoms with Crippen molar-refractivity contribution >= 4 is 54.0 Å². The van der Waals surface area contributed by atoms with Crippen molar-refractivity contribution in [3.8, 4) is 16.8 Å². The van der Waals surface area contributed by atoms with Crippen LogP contribution < -0.4 is 0 Å². The quantitative estimate of drug-likeness (QED) is 0.261. The van der Waals surface area contributed by atoms with Gasteiger partial charge in [-0.2, -0.15) is 0 Å². The standard InChI is InChI=1S/C30H19NS/c1-2-6-20(7-3-1)21-10-13-24(14-11-21)31-27-15-12-22-8-4-5-9-25(22)30(27)26-18-23-16-17-32-29(23)19-28(26)31/h1-19H. The van der Waals surface area contributed by atoms with Crippen LogP contribution in [0.3, 0.4) is 0 Å². The van der Waals surface area contributed by atoms with Crippen molar-refractivity contribution in [1.82, 2.24) is 4.57 Å². The van der Waals surface area contributed by atoms with Crippen LogP contribution in [0.2, 0.25) is 0 Å². The second kappa shape index (κ2) is 6.81. The van der Waals surface area contributed by atoms with Crippen LogP contribution in [-0.4, -0.2) is 4.57 Å². The lowest BCUT2D eigenvalue weighted by Gasteiger charge is -2.10. The van der Waals surface area contributed by atoms with E-state index in [-0.39, 0.29) is 0 Å². The molecule has 0 N–H and O–H groups in total. The van der Waals surface area contributed by atoms with Gasteiger partial charge in [0.15, 0.2) is 0 Å². The highest BCUT2D eigenvalue weighted by molar-refractivity contribution is 7.17. The molecule has 0 fully saturated rings. The van der Waals surface area contributed by atoms with Crippen molar-refractivity contribution in [3.63, 3.8) is 0 Å². The normalized spacial score (nSPS) is 11.8. The monoisotopic (exact) mass is 425 g/mol. The Morgan fingerprint density at radius 2 is 1.31 bits per heavy atom. The fourth-order valence-corrected chi connectivity index (χ4v) is 5.76. The van der Waals surface area contributed by atoms with Crippen molar-refractivity contribution in [1.29, 1.82) is 0 Å². The minimum Gasteiger partial charge on any atom is -0.309 e. The highest BCUT2D eigenvalue weighted by Gasteiger charge is 2.16. The summed E-state index contributed by atoms with van der Waals surface area (Å²) < 4.78 is 3.75. The number of benzene rings is 5. The van der Waals surface area contributed by atoms with E-state index in [4.69, 9.17) is 0 Å². The average molecular weight is 426 g/mol. The summed E-state index contributed by atoms with van der Waals surface area (Å²) in [5.41, 5.74) is 6.19. The van der Waals surface area contributed by atoms with Crippen LogP contribution in [0.4, 0.5) is 0 Å². The molecule has 1 nitrogen and oxygen atoms in total. The fraction of sp³-hybridized carbons (Fsp3) is 0. The van der Waals surface area contributed by atoms with E-state index >= 15 is 0 Å². The summed E-state index contributed by atoms with van der Waals surface area (Å²) in [6.07, 6.45) is 0. The molecule has 32 heavy (non-hydrogen) atoms. The average Bonchev–Trinajstić information content (AvgIpc) is 3.45. The SMILES string of the molecule is c1ccc(-c2ccc(-n3c4cc5sccc5cc4c4c5ccccc5ccc43)cc2)cc1. The first-order valence-corrected chi connectivity index (χ1v) is 11.7. The zero-order chi connectivity index (χ0) is 21.1. The van der Waals surface area contributed by atoms with Gasteiger partial charge in [-0.25, -0.2) is 0 Å². The topological polar surface area (TPSA) is 4.93 Å². The molecule has 0 radical (unpaired) electrons. The molecule has 7 rings (SSSR count). The number of aromatic nitrogens is 1. The molecular weight excluding hydrogens is 406 g/mol. The van der Waals surface area contributed by atoms with Crippen molar-refractivity contribution in [3.05, 3.63) is 115 Å². The number of hydrogen-bond acceptors (Lipinski definition) is 1. The van der Waals surface area contributed by atoms with Gasteiger partial charge in [-0.3, -0.25) is 0 Å². The Kier molecular flexibility index (Phi) is 3.78. The lowest BCUT2D eigenvalue weighted by Crippen LogP contribution is -1.93. The molecule has 0 aliphatic rings. The van der Waals surface area contributed by atoms with E-state index in [0.29, 0.717) is 0 Å². The van der Waals surface area contributed by atoms with E-state index in [9.17, 15) is 0 Å². The maximum Gasteiger partial charge on any atom is 0.0555 e. The van der Waals surface area contributed by atoms with Crippen LogP contribution in [0.1, 0.15) is 0 Å². The van der Waals surface area contributed by atoms with E-state index in [1.807, 2.05) is 0 Å². The Labute approximate surface area is 189 Å². The van der Waals surface area contributed by atoms with Crippen molar-refractivity contribution < 1.29 is 0 Å². The molecule has 0 atom stereocenters. The Balaban J connectivity index is 1.56. The second-order valence-corrected chi connectivity index (χ2v) is 9.20. The third kappa shape index (κ3) is 2.57. The number of fused-ring (bicyclic) bond motifs is 6. The summed E-state index contributed by atoms with van der Waals surface area (Å²) in [5, 5.41) is 8.73. The number of hydrogen-bond donors (Lipinski definition) is 0. The highest BCUT2D eigenvalue weighted by Crippen LogP contribution is 2.39. The van der Waals surface area contributed by atoms with Gasteiger partial charge in [-0.05, 0) is 69.1 Å². The molecule has 7 aromatic rings. The van der Waals surface area contributed by atoms with E-state index in [1.54, 1.807) is 11.3 Å². The summed E-state index contributed by atoms with van der Waals surface area (Å²) in [6.45, 7) is 0. The lowest BCUT2D eigenvalue weighted by atomic mass is 10.0. The van der Waals surface area contributed by atoms with Crippen LogP contribution in [0, 0.1) is 0 Å². The molecule has 2 aromatic heterocycles. The molecule has 0 saturated carbocycles. The van der Waals surface area contributed by atoms with Gasteiger partial charge < -0.3 is 4.57 Å². The number of rotatable bonds is 2. The summed E-state index contributed by atoms with van der Waals surface area (Å²) in [7, 11) is 0. The Bertz CT molecular complexity index is 1750. The Morgan fingerprint density at radius 1 is 0.531 bits per heavy atom. The van der Waals surface area contributed by atoms with Crippen LogP contribution in [0.25, 0.3) is 59.5 Å². The predicted octanol–water partition coefficient (Wildman–Crippen LogP) is 8.82. The molecular formula is C30H19NS. The summed E-state index contributed by atoms with van der Waals surface area (Å²) in [5.74, 6) is 0. The molecule has 2 heterocycles. The van der Waals surface area contributed by atoms with Crippen LogP contribution in [0.5, 0.6) is 0 Å². The molecule has 2 heteroatoms. The van der Waals surface area contributed by atoms with Crippen LogP contribution >= 0.6 is 11.3 Å². The zero-order valence-electron chi connectivity index (χ0n) is 17.3. The minimum absolute atomic E-state index is 1.19. The lowest BCUT2D eigenvalue weighted by molar-refractivity contribution is 1.18. The summed E-state index contributed by atoms with van der Waals surface area (Å²) in [4.78, 5) is 0. The van der Waals surface area contributed by atoms with Gasteiger partial charge in [0.2, 0.25) is 0 Å². The van der Waals surface area contributed by atoms with Crippen molar-refractivity contribution in [2.24, 2.45) is 0 Å². The van der Waals surface area contributed by atoms with Gasteiger partial charge in [0.05, 0.1) is 11.0 Å². The number of thiophene rings is 1. The molecule has 0 aliphatic carbocycles. The second-order valence-electron chi connectivity index (χ2n) is 8.26. The first-order chi connectivity index (χ1) is 15.9. The molecule has 0 bridgehead atoms. The molecule has 0 spiro atoms. The summed E-state index contributed by atoms with van der Waals surface area (Å²) in [6, 6.07) is 39.7. The third-order valence-electron chi connectivity index (χ3n) is 6.46. The third-order valence-corrected chi connectivity index (χ3v) is 7.34. The van der Waals surface area contributed by atoms with Gasteiger partial charge in [-0.15, -0.1) is 11.3 Å². The maximum absolute atomic E-state index is 2.42. The van der Waals surface area contributed by atoms with Gasteiger partial charge in [-0.1, -0.05) is 72.8 Å². The van der Waals surface area contributed by atoms with Gasteiger partial charge in [0.25, 0.3) is 0 Å². The van der Waals surface area contributed by atoms with Crippen LogP contribution in [0.15, 0.2) is 115 Å². The molecule has 5 aromatic carbocycles. The van der Waals surface area contributed by atoms with Crippen molar-refractivity contribution in [2.45, 2.75) is 0 Å². The van der Waals surface area contributed by atoms with E-state index in [2.05, 4.69) is 119 Å². The molecule has 0 aliphatic heterocycles. The Morgan fingerprint density at radius 3 is 2.19 bits per heavy atom. The van der Waals surface area contributed by atoms with Gasteiger partial charge >= 0.3 is 0 Å². The molecule has 0 amide bonds. The van der Waals surface area contributed by atoms with E-state index < -0.39 is 0 Å². The highest BCUT2D eigenvalue weighted by atomic mass is 32.1. The molecule has 0 unspecified atom stereocenters. The van der Waals surface area contributed by atoms with Crippen LogP contribution in [-0.2, 0) is 0 Å². The van der Waals surface area contributed by atoms with Crippen molar-refractivity contribution in [2.75, 3.05) is 0 Å². The first-order valence-electron chi connectivity index (χ1n) is 10.9. The van der Waals surface area contributed by atoms with Gasteiger partial charge in [0, 0.05) is 21.2 Å². The predicted molar refractivity (Wildman–Crippen MR) is 139 cm³/mol. The largest absolute Gasteiger partial charge is 0.309 e. The van der Waals surface area contributed by atoms with E-state index in [1.165, 1.54) is 59.5 Å². The number of nitrogens with zero attached hydrogens (tertiary/aromatic N) is 1. The molecule has 150 valence electrons. The smallest absolute Gasteiger partial charge is 0.0555 e. The first kappa shape index (κ1) is 17.8. The fourth-order valence-electron chi connectivity index (χ4n) is 4.95. The molecule has 0 saturated heterocycles. The van der Waals surface area contributed by atoms with E-state index in [0.717, 1.165) is 0 Å². The van der Waals surface area contributed by atoms with Gasteiger partial charge in [0.1, 0.15) is 0 Å².